The van der Waals surface area contributed by atoms with Gasteiger partial charge in [-0.3, -0.25) is 4.79 Å². The second-order valence-corrected chi connectivity index (χ2v) is 5.59. The van der Waals surface area contributed by atoms with Crippen molar-refractivity contribution in [2.75, 3.05) is 5.32 Å². The summed E-state index contributed by atoms with van der Waals surface area (Å²) in [5.74, 6) is -0.211. The molecule has 1 amide bonds. The van der Waals surface area contributed by atoms with Crippen LogP contribution in [0.15, 0.2) is 46.9 Å². The van der Waals surface area contributed by atoms with E-state index in [1.807, 2.05) is 56.3 Å². The largest absolute Gasteiger partial charge is 0.324 e. The van der Waals surface area contributed by atoms with Gasteiger partial charge in [0.05, 0.1) is 0 Å². The van der Waals surface area contributed by atoms with Gasteiger partial charge >= 0.3 is 0 Å². The van der Waals surface area contributed by atoms with Crippen molar-refractivity contribution < 1.29 is 4.79 Å². The summed E-state index contributed by atoms with van der Waals surface area (Å²) in [5, 5.41) is 2.86. The van der Waals surface area contributed by atoms with Crippen LogP contribution in [0.2, 0.25) is 0 Å². The van der Waals surface area contributed by atoms with Crippen molar-refractivity contribution in [2.24, 2.45) is 5.73 Å². The molecule has 0 bridgehead atoms. The molecule has 20 heavy (non-hydrogen) atoms. The van der Waals surface area contributed by atoms with Crippen LogP contribution in [0.4, 0.5) is 5.69 Å². The first-order chi connectivity index (χ1) is 9.49. The predicted molar refractivity (Wildman–Crippen MR) is 85.6 cm³/mol. The Kier molecular flexibility index (Phi) is 4.57. The molecule has 0 fully saturated rings. The fraction of sp³-hybridized carbons (Fsp3) is 0.188. The van der Waals surface area contributed by atoms with Gasteiger partial charge in [-0.2, -0.15) is 0 Å². The van der Waals surface area contributed by atoms with Gasteiger partial charge in [-0.25, -0.2) is 0 Å². The van der Waals surface area contributed by atoms with Gasteiger partial charge in [-0.1, -0.05) is 46.3 Å². The minimum Gasteiger partial charge on any atom is -0.324 e. The summed E-state index contributed by atoms with van der Waals surface area (Å²) in [6.07, 6.45) is 0. The number of hydrogen-bond donors (Lipinski definition) is 2. The van der Waals surface area contributed by atoms with Crippen molar-refractivity contribution in [2.45, 2.75) is 19.9 Å². The minimum atomic E-state index is -0.666. The van der Waals surface area contributed by atoms with E-state index in [1.54, 1.807) is 0 Å². The summed E-state index contributed by atoms with van der Waals surface area (Å²) in [5.41, 5.74) is 9.69. The summed E-state index contributed by atoms with van der Waals surface area (Å²) in [4.78, 5) is 12.2. The number of nitrogens with two attached hydrogens (primary N) is 1. The monoisotopic (exact) mass is 332 g/mol. The Morgan fingerprint density at radius 3 is 2.25 bits per heavy atom. The second kappa shape index (κ2) is 6.20. The number of benzene rings is 2. The molecule has 1 atom stereocenters. The molecule has 0 aliphatic rings. The van der Waals surface area contributed by atoms with Crippen LogP contribution in [0.3, 0.4) is 0 Å². The SMILES string of the molecule is Cc1cc(NC(=O)[C@@H](N)c2ccccc2)cc(C)c1Br. The van der Waals surface area contributed by atoms with Gasteiger partial charge in [0.1, 0.15) is 6.04 Å². The summed E-state index contributed by atoms with van der Waals surface area (Å²) in [6, 6.07) is 12.5. The van der Waals surface area contributed by atoms with Crippen LogP contribution in [-0.2, 0) is 4.79 Å². The first-order valence-electron chi connectivity index (χ1n) is 6.37. The normalized spacial score (nSPS) is 12.0. The molecule has 104 valence electrons. The zero-order valence-corrected chi connectivity index (χ0v) is 13.1. The average molecular weight is 333 g/mol. The number of amides is 1. The van der Waals surface area contributed by atoms with Crippen LogP contribution < -0.4 is 11.1 Å². The number of carbonyl (C=O) groups excluding carboxylic acids is 1. The number of rotatable bonds is 3. The Morgan fingerprint density at radius 1 is 1.15 bits per heavy atom. The number of hydrogen-bond acceptors (Lipinski definition) is 2. The van der Waals surface area contributed by atoms with Crippen molar-refractivity contribution in [3.63, 3.8) is 0 Å². The topological polar surface area (TPSA) is 55.1 Å². The van der Waals surface area contributed by atoms with Gasteiger partial charge in [0, 0.05) is 10.2 Å². The van der Waals surface area contributed by atoms with Gasteiger partial charge in [0.25, 0.3) is 0 Å². The van der Waals surface area contributed by atoms with E-state index >= 15 is 0 Å². The number of anilines is 1. The number of halogens is 1. The quantitative estimate of drug-likeness (QED) is 0.900. The lowest BCUT2D eigenvalue weighted by atomic mass is 10.1. The third kappa shape index (κ3) is 3.26. The van der Waals surface area contributed by atoms with Crippen molar-refractivity contribution in [1.82, 2.24) is 0 Å². The molecule has 2 aromatic rings. The molecule has 0 aromatic heterocycles. The van der Waals surface area contributed by atoms with Crippen molar-refractivity contribution in [1.29, 1.82) is 0 Å². The first-order valence-corrected chi connectivity index (χ1v) is 7.16. The Bertz CT molecular complexity index is 603. The molecule has 4 heteroatoms. The van der Waals surface area contributed by atoms with Gasteiger partial charge in [-0.15, -0.1) is 0 Å². The molecule has 0 saturated carbocycles. The number of aryl methyl sites for hydroxylation is 2. The minimum absolute atomic E-state index is 0.211. The van der Waals surface area contributed by atoms with E-state index < -0.39 is 6.04 Å². The number of carbonyl (C=O) groups is 1. The third-order valence-electron chi connectivity index (χ3n) is 3.15. The van der Waals surface area contributed by atoms with Gasteiger partial charge < -0.3 is 11.1 Å². The Morgan fingerprint density at radius 2 is 1.70 bits per heavy atom. The highest BCUT2D eigenvalue weighted by Crippen LogP contribution is 2.25. The number of nitrogens with one attached hydrogen (secondary N) is 1. The molecule has 3 nitrogen and oxygen atoms in total. The fourth-order valence-electron chi connectivity index (χ4n) is 2.05. The maximum Gasteiger partial charge on any atom is 0.245 e. The average Bonchev–Trinajstić information content (AvgIpc) is 2.44. The van der Waals surface area contributed by atoms with Crippen LogP contribution in [-0.4, -0.2) is 5.91 Å². The molecule has 0 aliphatic carbocycles. The molecule has 2 aromatic carbocycles. The molecule has 0 spiro atoms. The molecule has 2 rings (SSSR count). The molecule has 0 aliphatic heterocycles. The lowest BCUT2D eigenvalue weighted by Crippen LogP contribution is -2.27. The lowest BCUT2D eigenvalue weighted by molar-refractivity contribution is -0.117. The molecule has 3 N–H and O–H groups in total. The van der Waals surface area contributed by atoms with Gasteiger partial charge in [0.2, 0.25) is 5.91 Å². The maximum atomic E-state index is 12.2. The Labute approximate surface area is 127 Å². The Balaban J connectivity index is 2.16. The highest BCUT2D eigenvalue weighted by atomic mass is 79.9. The molecular formula is C16H17BrN2O. The van der Waals surface area contributed by atoms with E-state index in [-0.39, 0.29) is 5.91 Å². The second-order valence-electron chi connectivity index (χ2n) is 4.80. The molecule has 0 unspecified atom stereocenters. The van der Waals surface area contributed by atoms with Gasteiger partial charge in [0.15, 0.2) is 0 Å². The van der Waals surface area contributed by atoms with Crippen molar-refractivity contribution in [3.8, 4) is 0 Å². The molecule has 0 heterocycles. The summed E-state index contributed by atoms with van der Waals surface area (Å²) in [6.45, 7) is 3.98. The van der Waals surface area contributed by atoms with E-state index in [4.69, 9.17) is 5.73 Å². The smallest absolute Gasteiger partial charge is 0.245 e. The molecule has 0 saturated heterocycles. The summed E-state index contributed by atoms with van der Waals surface area (Å²) in [7, 11) is 0. The van der Waals surface area contributed by atoms with E-state index in [0.717, 1.165) is 26.9 Å². The van der Waals surface area contributed by atoms with Crippen LogP contribution in [0.1, 0.15) is 22.7 Å². The van der Waals surface area contributed by atoms with Crippen LogP contribution in [0.25, 0.3) is 0 Å². The van der Waals surface area contributed by atoms with E-state index in [9.17, 15) is 4.79 Å². The van der Waals surface area contributed by atoms with Crippen molar-refractivity contribution in [3.05, 3.63) is 63.6 Å². The van der Waals surface area contributed by atoms with Crippen molar-refractivity contribution >= 4 is 27.5 Å². The Hall–Kier alpha value is -1.65. The van der Waals surface area contributed by atoms with Crippen LogP contribution in [0, 0.1) is 13.8 Å². The maximum absolute atomic E-state index is 12.2. The summed E-state index contributed by atoms with van der Waals surface area (Å²) >= 11 is 3.51. The fourth-order valence-corrected chi connectivity index (χ4v) is 2.28. The molecule has 0 radical (unpaired) electrons. The highest BCUT2D eigenvalue weighted by molar-refractivity contribution is 9.10. The predicted octanol–water partition coefficient (Wildman–Crippen LogP) is 3.70. The van der Waals surface area contributed by atoms with Crippen LogP contribution in [0.5, 0.6) is 0 Å². The molecular weight excluding hydrogens is 316 g/mol. The summed E-state index contributed by atoms with van der Waals surface area (Å²) < 4.78 is 1.06. The van der Waals surface area contributed by atoms with E-state index in [1.165, 1.54) is 0 Å². The van der Waals surface area contributed by atoms with E-state index in [0.29, 0.717) is 0 Å². The van der Waals surface area contributed by atoms with Crippen LogP contribution >= 0.6 is 15.9 Å². The van der Waals surface area contributed by atoms with Gasteiger partial charge in [-0.05, 0) is 42.7 Å². The zero-order chi connectivity index (χ0) is 14.7. The third-order valence-corrected chi connectivity index (χ3v) is 4.40. The highest BCUT2D eigenvalue weighted by Gasteiger charge is 2.16. The lowest BCUT2D eigenvalue weighted by Gasteiger charge is -2.14. The first kappa shape index (κ1) is 14.8. The van der Waals surface area contributed by atoms with E-state index in [2.05, 4.69) is 21.2 Å². The zero-order valence-electron chi connectivity index (χ0n) is 11.5. The standard InChI is InChI=1S/C16H17BrN2O/c1-10-8-13(9-11(2)14(10)17)19-16(20)15(18)12-6-4-3-5-7-12/h3-9,15H,18H2,1-2H3,(H,19,20)/t15-/m0/s1.